The van der Waals surface area contributed by atoms with Crippen molar-refractivity contribution in [2.45, 2.75) is 6.23 Å². The number of halogens is 1. The highest BCUT2D eigenvalue weighted by Crippen LogP contribution is 2.22. The molecule has 84 valence electrons. The molecule has 0 N–H and O–H groups in total. The first-order chi connectivity index (χ1) is 7.86. The summed E-state index contributed by atoms with van der Waals surface area (Å²) < 4.78 is 12.7. The maximum absolute atomic E-state index is 5.91. The van der Waals surface area contributed by atoms with E-state index in [1.54, 1.807) is 6.33 Å². The van der Waals surface area contributed by atoms with Gasteiger partial charge in [0.2, 0.25) is 0 Å². The highest BCUT2D eigenvalue weighted by atomic mass is 35.5. The molecule has 1 aliphatic heterocycles. The fourth-order valence-electron chi connectivity index (χ4n) is 1.67. The predicted molar refractivity (Wildman–Crippen MR) is 56.1 cm³/mol. The molecule has 0 saturated carbocycles. The van der Waals surface area contributed by atoms with Crippen LogP contribution in [0.5, 0.6) is 0 Å². The summed E-state index contributed by atoms with van der Waals surface area (Å²) in [5, 5.41) is 0.348. The van der Waals surface area contributed by atoms with Crippen LogP contribution in [0.1, 0.15) is 6.23 Å². The van der Waals surface area contributed by atoms with E-state index in [2.05, 4.69) is 15.0 Å². The Labute approximate surface area is 96.2 Å². The number of rotatable bonds is 1. The number of nitrogens with zero attached hydrogens (tertiary/aromatic N) is 4. The van der Waals surface area contributed by atoms with Gasteiger partial charge in [0, 0.05) is 0 Å². The third kappa shape index (κ3) is 1.55. The smallest absolute Gasteiger partial charge is 0.166 e. The number of imidazole rings is 1. The van der Waals surface area contributed by atoms with E-state index in [-0.39, 0.29) is 6.23 Å². The van der Waals surface area contributed by atoms with Crippen molar-refractivity contribution >= 4 is 22.8 Å². The lowest BCUT2D eigenvalue weighted by Gasteiger charge is -2.23. The van der Waals surface area contributed by atoms with E-state index in [9.17, 15) is 0 Å². The topological polar surface area (TPSA) is 62.1 Å². The Hall–Kier alpha value is -1.24. The SMILES string of the molecule is Clc1ncnc2c1ncn2C1COCCO1. The molecular formula is C9H9ClN4O2. The Morgan fingerprint density at radius 1 is 1.31 bits per heavy atom. The van der Waals surface area contributed by atoms with Gasteiger partial charge >= 0.3 is 0 Å². The lowest BCUT2D eigenvalue weighted by Crippen LogP contribution is -2.26. The van der Waals surface area contributed by atoms with Crippen molar-refractivity contribution in [1.82, 2.24) is 19.5 Å². The summed E-state index contributed by atoms with van der Waals surface area (Å²) in [5.74, 6) is 0. The third-order valence-electron chi connectivity index (χ3n) is 2.42. The molecule has 6 nitrogen and oxygen atoms in total. The minimum Gasteiger partial charge on any atom is -0.374 e. The summed E-state index contributed by atoms with van der Waals surface area (Å²) in [7, 11) is 0. The van der Waals surface area contributed by atoms with Crippen molar-refractivity contribution in [3.8, 4) is 0 Å². The molecule has 0 aliphatic carbocycles. The zero-order chi connectivity index (χ0) is 11.0. The summed E-state index contributed by atoms with van der Waals surface area (Å²) in [4.78, 5) is 12.2. The molecule has 2 aromatic heterocycles. The van der Waals surface area contributed by atoms with Crippen LogP contribution in [0, 0.1) is 0 Å². The lowest BCUT2D eigenvalue weighted by atomic mass is 10.5. The van der Waals surface area contributed by atoms with Gasteiger partial charge in [-0.1, -0.05) is 11.6 Å². The van der Waals surface area contributed by atoms with Crippen molar-refractivity contribution in [3.63, 3.8) is 0 Å². The van der Waals surface area contributed by atoms with Gasteiger partial charge in [-0.3, -0.25) is 4.57 Å². The third-order valence-corrected chi connectivity index (χ3v) is 2.70. The van der Waals surface area contributed by atoms with Gasteiger partial charge in [0.25, 0.3) is 0 Å². The zero-order valence-electron chi connectivity index (χ0n) is 8.34. The molecule has 2 aromatic rings. The van der Waals surface area contributed by atoms with E-state index in [1.165, 1.54) is 6.33 Å². The number of ether oxygens (including phenoxy) is 2. The largest absolute Gasteiger partial charge is 0.374 e. The zero-order valence-corrected chi connectivity index (χ0v) is 9.09. The van der Waals surface area contributed by atoms with Gasteiger partial charge in [-0.05, 0) is 0 Å². The van der Waals surface area contributed by atoms with Crippen molar-refractivity contribution in [1.29, 1.82) is 0 Å². The van der Waals surface area contributed by atoms with Gasteiger partial charge in [-0.25, -0.2) is 15.0 Å². The normalized spacial score (nSPS) is 21.4. The summed E-state index contributed by atoms with van der Waals surface area (Å²) in [5.41, 5.74) is 1.24. The van der Waals surface area contributed by atoms with Crippen molar-refractivity contribution in [3.05, 3.63) is 17.8 Å². The molecular weight excluding hydrogens is 232 g/mol. The number of aromatic nitrogens is 4. The van der Waals surface area contributed by atoms with Crippen LogP contribution in [0.4, 0.5) is 0 Å². The monoisotopic (exact) mass is 240 g/mol. The summed E-state index contributed by atoms with van der Waals surface area (Å²) in [6.45, 7) is 1.69. The summed E-state index contributed by atoms with van der Waals surface area (Å²) in [6, 6.07) is 0. The van der Waals surface area contributed by atoms with Gasteiger partial charge < -0.3 is 9.47 Å². The lowest BCUT2D eigenvalue weighted by molar-refractivity contribution is -0.121. The van der Waals surface area contributed by atoms with Gasteiger partial charge in [0.1, 0.15) is 11.8 Å². The maximum atomic E-state index is 5.91. The fourth-order valence-corrected chi connectivity index (χ4v) is 1.85. The minimum absolute atomic E-state index is 0.190. The maximum Gasteiger partial charge on any atom is 0.166 e. The Bertz CT molecular complexity index is 509. The van der Waals surface area contributed by atoms with E-state index in [0.29, 0.717) is 36.1 Å². The molecule has 0 spiro atoms. The number of fused-ring (bicyclic) bond motifs is 1. The summed E-state index contributed by atoms with van der Waals surface area (Å²) in [6.07, 6.45) is 2.86. The molecule has 0 amide bonds. The van der Waals surface area contributed by atoms with Gasteiger partial charge in [-0.15, -0.1) is 0 Å². The minimum atomic E-state index is -0.190. The van der Waals surface area contributed by atoms with E-state index in [0.717, 1.165) is 0 Å². The summed E-state index contributed by atoms with van der Waals surface area (Å²) >= 11 is 5.91. The van der Waals surface area contributed by atoms with Crippen LogP contribution in [0.25, 0.3) is 11.2 Å². The second kappa shape index (κ2) is 3.97. The standard InChI is InChI=1S/C9H9ClN4O2/c10-8-7-9(12-4-11-8)14(5-13-7)6-3-15-1-2-16-6/h4-6H,1-3H2. The van der Waals surface area contributed by atoms with Crippen LogP contribution in [0.15, 0.2) is 12.7 Å². The van der Waals surface area contributed by atoms with Crippen LogP contribution in [0.2, 0.25) is 5.15 Å². The molecule has 0 radical (unpaired) electrons. The van der Waals surface area contributed by atoms with E-state index in [4.69, 9.17) is 21.1 Å². The Morgan fingerprint density at radius 3 is 3.06 bits per heavy atom. The molecule has 16 heavy (non-hydrogen) atoms. The van der Waals surface area contributed by atoms with Crippen molar-refractivity contribution in [2.75, 3.05) is 19.8 Å². The highest BCUT2D eigenvalue weighted by Gasteiger charge is 2.19. The number of hydrogen-bond donors (Lipinski definition) is 0. The van der Waals surface area contributed by atoms with Crippen LogP contribution in [-0.4, -0.2) is 39.3 Å². The molecule has 1 atom stereocenters. The van der Waals surface area contributed by atoms with Crippen molar-refractivity contribution < 1.29 is 9.47 Å². The van der Waals surface area contributed by atoms with Gasteiger partial charge in [-0.2, -0.15) is 0 Å². The molecule has 1 saturated heterocycles. The van der Waals surface area contributed by atoms with Crippen LogP contribution in [-0.2, 0) is 9.47 Å². The molecule has 0 aromatic carbocycles. The molecule has 0 bridgehead atoms. The molecule has 3 rings (SSSR count). The van der Waals surface area contributed by atoms with E-state index >= 15 is 0 Å². The van der Waals surface area contributed by atoms with Gasteiger partial charge in [0.05, 0.1) is 26.1 Å². The second-order valence-electron chi connectivity index (χ2n) is 3.39. The first-order valence-corrected chi connectivity index (χ1v) is 5.26. The molecule has 3 heterocycles. The molecule has 7 heteroatoms. The molecule has 1 unspecified atom stereocenters. The van der Waals surface area contributed by atoms with Crippen LogP contribution in [0.3, 0.4) is 0 Å². The highest BCUT2D eigenvalue weighted by molar-refractivity contribution is 6.33. The van der Waals surface area contributed by atoms with Crippen LogP contribution >= 0.6 is 11.6 Å². The van der Waals surface area contributed by atoms with E-state index < -0.39 is 0 Å². The fraction of sp³-hybridized carbons (Fsp3) is 0.444. The van der Waals surface area contributed by atoms with Gasteiger partial charge in [0.15, 0.2) is 17.0 Å². The van der Waals surface area contributed by atoms with Crippen molar-refractivity contribution in [2.24, 2.45) is 0 Å². The molecule has 1 fully saturated rings. The Balaban J connectivity index is 2.06. The predicted octanol–water partition coefficient (Wildman–Crippen LogP) is 1.03. The first-order valence-electron chi connectivity index (χ1n) is 4.88. The second-order valence-corrected chi connectivity index (χ2v) is 3.75. The van der Waals surface area contributed by atoms with Crippen LogP contribution < -0.4 is 0 Å². The molecule has 1 aliphatic rings. The average Bonchev–Trinajstić information content (AvgIpc) is 2.75. The average molecular weight is 241 g/mol. The quantitative estimate of drug-likeness (QED) is 0.697. The van der Waals surface area contributed by atoms with E-state index in [1.807, 2.05) is 4.57 Å². The Morgan fingerprint density at radius 2 is 2.25 bits per heavy atom. The number of hydrogen-bond acceptors (Lipinski definition) is 5. The Kier molecular flexibility index (Phi) is 2.47. The first kappa shape index (κ1) is 9.95.